The van der Waals surface area contributed by atoms with Crippen LogP contribution < -0.4 is 5.73 Å². The zero-order chi connectivity index (χ0) is 10.3. The number of fused-ring (bicyclic) bond motifs is 1. The zero-order valence-electron chi connectivity index (χ0n) is 8.59. The van der Waals surface area contributed by atoms with Crippen LogP contribution in [-0.2, 0) is 9.47 Å². The fourth-order valence-corrected chi connectivity index (χ4v) is 3.87. The van der Waals surface area contributed by atoms with Gasteiger partial charge in [-0.15, -0.1) is 0 Å². The van der Waals surface area contributed by atoms with Crippen LogP contribution in [0.5, 0.6) is 0 Å². The van der Waals surface area contributed by atoms with Crippen LogP contribution in [0.25, 0.3) is 0 Å². The molecule has 3 aliphatic rings. The molecular weight excluding hydrogens is 212 g/mol. The van der Waals surface area contributed by atoms with Crippen molar-refractivity contribution in [3.63, 3.8) is 0 Å². The van der Waals surface area contributed by atoms with Crippen LogP contribution in [0.4, 0.5) is 0 Å². The molecular formula is C10H16N2O2S. The first-order valence-corrected chi connectivity index (χ1v) is 6.42. The van der Waals surface area contributed by atoms with E-state index < -0.39 is 0 Å². The van der Waals surface area contributed by atoms with E-state index in [1.165, 1.54) is 6.42 Å². The van der Waals surface area contributed by atoms with Crippen molar-refractivity contribution in [1.82, 2.24) is 0 Å². The predicted octanol–water partition coefficient (Wildman–Crippen LogP) is 0.610. The Labute approximate surface area is 93.6 Å². The van der Waals surface area contributed by atoms with Gasteiger partial charge in [0, 0.05) is 24.4 Å². The van der Waals surface area contributed by atoms with Crippen molar-refractivity contribution in [3.05, 3.63) is 0 Å². The van der Waals surface area contributed by atoms with Crippen molar-refractivity contribution in [2.45, 2.75) is 30.2 Å². The van der Waals surface area contributed by atoms with Crippen molar-refractivity contribution < 1.29 is 9.47 Å². The maximum atomic E-state index is 5.85. The first kappa shape index (κ1) is 9.93. The van der Waals surface area contributed by atoms with Gasteiger partial charge in [0.25, 0.3) is 0 Å². The number of aliphatic imine (C=N–C) groups is 1. The summed E-state index contributed by atoms with van der Waals surface area (Å²) in [7, 11) is 0. The molecule has 15 heavy (non-hydrogen) atoms. The van der Waals surface area contributed by atoms with Gasteiger partial charge in [-0.1, -0.05) is 11.8 Å². The van der Waals surface area contributed by atoms with Gasteiger partial charge in [0.1, 0.15) is 0 Å². The standard InChI is InChI=1S/C10H16N2O2S/c11-10-12-7-5-13-3-1-6(7)9(15-10)8-2-4-14-8/h6-9H,1-5H2,(H2,11,12). The number of rotatable bonds is 1. The molecule has 0 saturated carbocycles. The van der Waals surface area contributed by atoms with Crippen LogP contribution in [0.2, 0.25) is 0 Å². The third-order valence-corrected chi connectivity index (χ3v) is 4.72. The normalized spacial score (nSPS) is 45.2. The van der Waals surface area contributed by atoms with Gasteiger partial charge in [-0.3, -0.25) is 4.99 Å². The molecule has 5 heteroatoms. The molecule has 4 atom stereocenters. The molecule has 84 valence electrons. The molecule has 0 aromatic rings. The van der Waals surface area contributed by atoms with Gasteiger partial charge < -0.3 is 15.2 Å². The molecule has 3 heterocycles. The summed E-state index contributed by atoms with van der Waals surface area (Å²) in [5.74, 6) is 0.598. The van der Waals surface area contributed by atoms with Gasteiger partial charge >= 0.3 is 0 Å². The minimum atomic E-state index is 0.272. The second kappa shape index (κ2) is 3.96. The van der Waals surface area contributed by atoms with Crippen molar-refractivity contribution in [3.8, 4) is 0 Å². The lowest BCUT2D eigenvalue weighted by Gasteiger charge is -2.44. The first-order chi connectivity index (χ1) is 7.34. The molecule has 0 radical (unpaired) electrons. The van der Waals surface area contributed by atoms with Crippen LogP contribution in [0, 0.1) is 5.92 Å². The minimum Gasteiger partial charge on any atom is -0.379 e. The lowest BCUT2D eigenvalue weighted by molar-refractivity contribution is -0.0691. The monoisotopic (exact) mass is 228 g/mol. The van der Waals surface area contributed by atoms with Crippen molar-refractivity contribution in [2.24, 2.45) is 16.6 Å². The largest absolute Gasteiger partial charge is 0.379 e. The average Bonchev–Trinajstić information content (AvgIpc) is 2.14. The van der Waals surface area contributed by atoms with Gasteiger partial charge in [0.05, 0.1) is 18.8 Å². The third-order valence-electron chi connectivity index (χ3n) is 3.45. The van der Waals surface area contributed by atoms with Crippen molar-refractivity contribution >= 4 is 16.9 Å². The topological polar surface area (TPSA) is 56.8 Å². The Hall–Kier alpha value is -0.260. The fourth-order valence-electron chi connectivity index (χ4n) is 2.54. The maximum Gasteiger partial charge on any atom is 0.154 e. The Bertz CT molecular complexity index is 281. The summed E-state index contributed by atoms with van der Waals surface area (Å²) >= 11 is 1.70. The molecule has 3 rings (SSSR count). The van der Waals surface area contributed by atoms with Crippen LogP contribution in [0.15, 0.2) is 4.99 Å². The minimum absolute atomic E-state index is 0.272. The molecule has 0 aromatic carbocycles. The lowest BCUT2D eigenvalue weighted by atomic mass is 9.87. The smallest absolute Gasteiger partial charge is 0.154 e. The second-order valence-electron chi connectivity index (χ2n) is 4.34. The third kappa shape index (κ3) is 1.77. The van der Waals surface area contributed by atoms with Crippen molar-refractivity contribution in [1.29, 1.82) is 0 Å². The van der Waals surface area contributed by atoms with E-state index in [0.717, 1.165) is 26.2 Å². The Balaban J connectivity index is 1.78. The van der Waals surface area contributed by atoms with E-state index in [-0.39, 0.29) is 6.04 Å². The summed E-state index contributed by atoms with van der Waals surface area (Å²) < 4.78 is 11.0. The molecule has 2 fully saturated rings. The Kier molecular flexibility index (Phi) is 2.62. The molecule has 4 nitrogen and oxygen atoms in total. The van der Waals surface area contributed by atoms with Gasteiger partial charge in [-0.25, -0.2) is 0 Å². The molecule has 0 aliphatic carbocycles. The Morgan fingerprint density at radius 3 is 2.93 bits per heavy atom. The van der Waals surface area contributed by atoms with Gasteiger partial charge in [0.2, 0.25) is 0 Å². The number of thioether (sulfide) groups is 1. The van der Waals surface area contributed by atoms with E-state index in [1.54, 1.807) is 11.8 Å². The van der Waals surface area contributed by atoms with Gasteiger partial charge in [0.15, 0.2) is 5.17 Å². The van der Waals surface area contributed by atoms with E-state index in [0.29, 0.717) is 22.4 Å². The molecule has 0 aromatic heterocycles. The number of nitrogens with zero attached hydrogens (tertiary/aromatic N) is 1. The Morgan fingerprint density at radius 2 is 2.20 bits per heavy atom. The average molecular weight is 228 g/mol. The van der Waals surface area contributed by atoms with Gasteiger partial charge in [-0.2, -0.15) is 0 Å². The highest BCUT2D eigenvalue weighted by Crippen LogP contribution is 2.39. The molecule has 0 bridgehead atoms. The van der Waals surface area contributed by atoms with E-state index in [2.05, 4.69) is 4.99 Å². The SMILES string of the molecule is NC1=NC2COCCC2C(C2CCO2)S1. The Morgan fingerprint density at radius 1 is 1.33 bits per heavy atom. The van der Waals surface area contributed by atoms with Crippen LogP contribution in [0.3, 0.4) is 0 Å². The summed E-state index contributed by atoms with van der Waals surface area (Å²) in [6.07, 6.45) is 2.67. The van der Waals surface area contributed by atoms with E-state index in [4.69, 9.17) is 15.2 Å². The molecule has 3 aliphatic heterocycles. The summed E-state index contributed by atoms with van der Waals surface area (Å²) in [6, 6.07) is 0.272. The summed E-state index contributed by atoms with van der Waals surface area (Å²) in [4.78, 5) is 4.47. The number of hydrogen-bond acceptors (Lipinski definition) is 5. The highest BCUT2D eigenvalue weighted by molar-refractivity contribution is 8.14. The van der Waals surface area contributed by atoms with Crippen LogP contribution in [0.1, 0.15) is 12.8 Å². The second-order valence-corrected chi connectivity index (χ2v) is 5.54. The molecule has 0 amide bonds. The zero-order valence-corrected chi connectivity index (χ0v) is 9.41. The number of amidine groups is 1. The first-order valence-electron chi connectivity index (χ1n) is 5.54. The van der Waals surface area contributed by atoms with Crippen LogP contribution in [-0.4, -0.2) is 42.4 Å². The molecule has 0 spiro atoms. The van der Waals surface area contributed by atoms with Crippen molar-refractivity contribution in [2.75, 3.05) is 19.8 Å². The van der Waals surface area contributed by atoms with Crippen LogP contribution >= 0.6 is 11.8 Å². The highest BCUT2D eigenvalue weighted by atomic mass is 32.2. The molecule has 2 N–H and O–H groups in total. The number of ether oxygens (including phenoxy) is 2. The predicted molar refractivity (Wildman–Crippen MR) is 60.1 cm³/mol. The maximum absolute atomic E-state index is 5.85. The number of nitrogens with two attached hydrogens (primary N) is 1. The van der Waals surface area contributed by atoms with E-state index in [9.17, 15) is 0 Å². The highest BCUT2D eigenvalue weighted by Gasteiger charge is 2.43. The fraction of sp³-hybridized carbons (Fsp3) is 0.900. The summed E-state index contributed by atoms with van der Waals surface area (Å²) in [5, 5.41) is 1.22. The quantitative estimate of drug-likeness (QED) is 0.714. The summed E-state index contributed by atoms with van der Waals surface area (Å²) in [5.41, 5.74) is 5.85. The van der Waals surface area contributed by atoms with Gasteiger partial charge in [-0.05, 0) is 12.8 Å². The van der Waals surface area contributed by atoms with E-state index in [1.807, 2.05) is 0 Å². The summed E-state index contributed by atoms with van der Waals surface area (Å²) in [6.45, 7) is 2.50. The molecule has 4 unspecified atom stereocenters. The van der Waals surface area contributed by atoms with E-state index >= 15 is 0 Å². The number of hydrogen-bond donors (Lipinski definition) is 1. The lowest BCUT2D eigenvalue weighted by Crippen LogP contribution is -2.50. The molecule has 2 saturated heterocycles.